The normalized spacial score (nSPS) is 35.6. The van der Waals surface area contributed by atoms with Crippen LogP contribution in [0, 0.1) is 11.8 Å². The van der Waals surface area contributed by atoms with E-state index < -0.39 is 6.10 Å². The van der Waals surface area contributed by atoms with Gasteiger partial charge >= 0.3 is 0 Å². The number of nitrogens with one attached hydrogen (secondary N) is 1. The van der Waals surface area contributed by atoms with Crippen LogP contribution in [0.5, 0.6) is 0 Å². The largest absolute Gasteiger partial charge is 0.396 e. The molecule has 0 aromatic rings. The predicted molar refractivity (Wildman–Crippen MR) is 84.2 cm³/mol. The molecule has 2 aliphatic rings. The van der Waals surface area contributed by atoms with E-state index in [1.807, 2.05) is 0 Å². The third-order valence-corrected chi connectivity index (χ3v) is 5.29. The summed E-state index contributed by atoms with van der Waals surface area (Å²) in [6.07, 6.45) is 9.48. The van der Waals surface area contributed by atoms with Crippen molar-refractivity contribution < 1.29 is 14.9 Å². The van der Waals surface area contributed by atoms with Crippen molar-refractivity contribution >= 4 is 0 Å². The van der Waals surface area contributed by atoms with Gasteiger partial charge in [-0.1, -0.05) is 32.6 Å². The second-order valence-corrected chi connectivity index (χ2v) is 7.03. The molecule has 5 unspecified atom stereocenters. The lowest BCUT2D eigenvalue weighted by atomic mass is 9.85. The van der Waals surface area contributed by atoms with E-state index in [4.69, 9.17) is 4.74 Å². The van der Waals surface area contributed by atoms with Crippen LogP contribution < -0.4 is 5.32 Å². The average Bonchev–Trinajstić information content (AvgIpc) is 2.52. The maximum Gasteiger partial charge on any atom is 0.0897 e. The van der Waals surface area contributed by atoms with Crippen molar-refractivity contribution in [2.75, 3.05) is 19.8 Å². The van der Waals surface area contributed by atoms with Crippen molar-refractivity contribution in [3.63, 3.8) is 0 Å². The SMILES string of the molecule is CC1CCCCC1OCC(O)CNC1CCCCC1CO. The summed E-state index contributed by atoms with van der Waals surface area (Å²) in [5, 5.41) is 22.9. The highest BCUT2D eigenvalue weighted by atomic mass is 16.5. The van der Waals surface area contributed by atoms with E-state index in [-0.39, 0.29) is 6.61 Å². The highest BCUT2D eigenvalue weighted by Crippen LogP contribution is 2.26. The minimum Gasteiger partial charge on any atom is -0.396 e. The number of ether oxygens (including phenoxy) is 1. The summed E-state index contributed by atoms with van der Waals surface area (Å²) in [6.45, 7) is 3.51. The molecule has 0 spiro atoms. The van der Waals surface area contributed by atoms with Crippen molar-refractivity contribution in [1.82, 2.24) is 5.32 Å². The topological polar surface area (TPSA) is 61.7 Å². The van der Waals surface area contributed by atoms with E-state index in [1.165, 1.54) is 32.1 Å². The van der Waals surface area contributed by atoms with Gasteiger partial charge in [-0.15, -0.1) is 0 Å². The average molecular weight is 299 g/mol. The van der Waals surface area contributed by atoms with Gasteiger partial charge in [-0.3, -0.25) is 0 Å². The second kappa shape index (κ2) is 9.09. The number of aliphatic hydroxyl groups excluding tert-OH is 2. The Labute approximate surface area is 129 Å². The van der Waals surface area contributed by atoms with Crippen LogP contribution in [0.1, 0.15) is 58.3 Å². The zero-order valence-corrected chi connectivity index (χ0v) is 13.5. The molecule has 3 N–H and O–H groups in total. The Bertz CT molecular complexity index is 287. The summed E-state index contributed by atoms with van der Waals surface area (Å²) in [5.74, 6) is 0.973. The zero-order valence-electron chi connectivity index (χ0n) is 13.5. The van der Waals surface area contributed by atoms with Gasteiger partial charge in [0.2, 0.25) is 0 Å². The van der Waals surface area contributed by atoms with Gasteiger partial charge in [0.05, 0.1) is 18.8 Å². The third kappa shape index (κ3) is 5.51. The first-order valence-corrected chi connectivity index (χ1v) is 8.84. The van der Waals surface area contributed by atoms with Crippen molar-refractivity contribution in [2.45, 2.75) is 76.5 Å². The van der Waals surface area contributed by atoms with Crippen molar-refractivity contribution in [3.8, 4) is 0 Å². The molecule has 0 aromatic heterocycles. The van der Waals surface area contributed by atoms with Crippen LogP contribution >= 0.6 is 0 Å². The molecule has 4 heteroatoms. The molecule has 4 nitrogen and oxygen atoms in total. The summed E-state index contributed by atoms with van der Waals surface area (Å²) in [7, 11) is 0. The number of hydrogen-bond donors (Lipinski definition) is 3. The maximum absolute atomic E-state index is 10.1. The molecule has 5 atom stereocenters. The number of aliphatic hydroxyl groups is 2. The molecule has 124 valence electrons. The molecule has 2 fully saturated rings. The quantitative estimate of drug-likeness (QED) is 0.673. The van der Waals surface area contributed by atoms with Crippen LogP contribution in [-0.2, 0) is 4.74 Å². The molecule has 0 bridgehead atoms. The summed E-state index contributed by atoms with van der Waals surface area (Å²) >= 11 is 0. The fourth-order valence-corrected chi connectivity index (χ4v) is 3.81. The molecule has 2 aliphatic carbocycles. The number of rotatable bonds is 7. The maximum atomic E-state index is 10.1. The Kier molecular flexibility index (Phi) is 7.44. The lowest BCUT2D eigenvalue weighted by Gasteiger charge is -2.32. The molecule has 2 rings (SSSR count). The predicted octanol–water partition coefficient (Wildman–Crippen LogP) is 2.08. The lowest BCUT2D eigenvalue weighted by molar-refractivity contribution is -0.0463. The minimum atomic E-state index is -0.444. The van der Waals surface area contributed by atoms with Crippen LogP contribution in [0.3, 0.4) is 0 Å². The van der Waals surface area contributed by atoms with Crippen LogP contribution in [0.4, 0.5) is 0 Å². The summed E-state index contributed by atoms with van der Waals surface area (Å²) in [4.78, 5) is 0. The van der Waals surface area contributed by atoms with Gasteiger partial charge in [0, 0.05) is 19.2 Å². The molecule has 0 radical (unpaired) electrons. The Morgan fingerprint density at radius 2 is 1.81 bits per heavy atom. The van der Waals surface area contributed by atoms with Gasteiger partial charge in [0.1, 0.15) is 0 Å². The number of hydrogen-bond acceptors (Lipinski definition) is 4. The zero-order chi connectivity index (χ0) is 15.1. The molecule has 0 heterocycles. The fraction of sp³-hybridized carbons (Fsp3) is 1.00. The first-order chi connectivity index (χ1) is 10.2. The van der Waals surface area contributed by atoms with Crippen molar-refractivity contribution in [3.05, 3.63) is 0 Å². The Hall–Kier alpha value is -0.160. The van der Waals surface area contributed by atoms with E-state index in [0.717, 1.165) is 19.3 Å². The van der Waals surface area contributed by atoms with E-state index in [0.29, 0.717) is 37.1 Å². The van der Waals surface area contributed by atoms with Crippen molar-refractivity contribution in [1.29, 1.82) is 0 Å². The molecular weight excluding hydrogens is 266 g/mol. The molecule has 2 saturated carbocycles. The second-order valence-electron chi connectivity index (χ2n) is 7.03. The lowest BCUT2D eigenvalue weighted by Crippen LogP contribution is -2.44. The van der Waals surface area contributed by atoms with Crippen molar-refractivity contribution in [2.24, 2.45) is 11.8 Å². The van der Waals surface area contributed by atoms with Gasteiger partial charge in [0.15, 0.2) is 0 Å². The van der Waals surface area contributed by atoms with E-state index in [2.05, 4.69) is 12.2 Å². The molecule has 0 saturated heterocycles. The van der Waals surface area contributed by atoms with Gasteiger partial charge in [0.25, 0.3) is 0 Å². The van der Waals surface area contributed by atoms with Crippen LogP contribution in [0.2, 0.25) is 0 Å². The smallest absolute Gasteiger partial charge is 0.0897 e. The van der Waals surface area contributed by atoms with Gasteiger partial charge in [-0.05, 0) is 37.5 Å². The fourth-order valence-electron chi connectivity index (χ4n) is 3.81. The summed E-state index contributed by atoms with van der Waals surface area (Å²) in [5.41, 5.74) is 0. The molecule has 0 aromatic carbocycles. The van der Waals surface area contributed by atoms with Gasteiger partial charge in [-0.25, -0.2) is 0 Å². The highest BCUT2D eigenvalue weighted by Gasteiger charge is 2.25. The first-order valence-electron chi connectivity index (χ1n) is 8.84. The molecular formula is C17H33NO3. The van der Waals surface area contributed by atoms with E-state index in [1.54, 1.807) is 0 Å². The third-order valence-electron chi connectivity index (χ3n) is 5.29. The Balaban J connectivity index is 1.63. The standard InChI is InChI=1S/C17H33NO3/c1-13-6-2-5-9-17(13)21-12-15(20)10-18-16-8-4-3-7-14(16)11-19/h13-20H,2-12H2,1H3. The molecule has 0 amide bonds. The molecule has 0 aliphatic heterocycles. The Morgan fingerprint density at radius 1 is 1.10 bits per heavy atom. The summed E-state index contributed by atoms with van der Waals surface area (Å²) in [6, 6.07) is 0.354. The van der Waals surface area contributed by atoms with Gasteiger partial charge < -0.3 is 20.3 Å². The first kappa shape index (κ1) is 17.2. The summed E-state index contributed by atoms with van der Waals surface area (Å²) < 4.78 is 5.91. The van der Waals surface area contributed by atoms with Crippen LogP contribution in [-0.4, -0.2) is 48.2 Å². The highest BCUT2D eigenvalue weighted by molar-refractivity contribution is 4.81. The Morgan fingerprint density at radius 3 is 2.57 bits per heavy atom. The van der Waals surface area contributed by atoms with Gasteiger partial charge in [-0.2, -0.15) is 0 Å². The van der Waals surface area contributed by atoms with E-state index >= 15 is 0 Å². The minimum absolute atomic E-state index is 0.254. The van der Waals surface area contributed by atoms with Crippen LogP contribution in [0.15, 0.2) is 0 Å². The molecule has 21 heavy (non-hydrogen) atoms. The monoisotopic (exact) mass is 299 g/mol. The van der Waals surface area contributed by atoms with Crippen LogP contribution in [0.25, 0.3) is 0 Å². The van der Waals surface area contributed by atoms with E-state index in [9.17, 15) is 10.2 Å².